The molecule has 0 aliphatic heterocycles. The average molecular weight is 328 g/mol. The maximum atomic E-state index is 12.5. The third-order valence-corrected chi connectivity index (χ3v) is 3.45. The molecule has 0 spiro atoms. The number of hydrogen-bond acceptors (Lipinski definition) is 4. The number of amides is 1. The molecule has 1 atom stereocenters. The molecule has 0 radical (unpaired) electrons. The highest BCUT2D eigenvalue weighted by atomic mass is 19.4. The SMILES string of the molecule is O=C(NNC1=C(C(=O)C(F)(F)F)CCC1)[C@H](O)c1ccccc1. The molecule has 0 fully saturated rings. The number of benzene rings is 1. The number of carbonyl (C=O) groups is 2. The summed E-state index contributed by atoms with van der Waals surface area (Å²) in [5.74, 6) is -2.73. The molecule has 0 heterocycles. The van der Waals surface area contributed by atoms with Crippen LogP contribution in [0.25, 0.3) is 0 Å². The number of halogens is 3. The molecule has 0 saturated carbocycles. The van der Waals surface area contributed by atoms with Gasteiger partial charge in [-0.3, -0.25) is 15.0 Å². The van der Waals surface area contributed by atoms with Crippen LogP contribution < -0.4 is 10.9 Å². The van der Waals surface area contributed by atoms with Crippen LogP contribution in [0.3, 0.4) is 0 Å². The van der Waals surface area contributed by atoms with Gasteiger partial charge in [0.1, 0.15) is 0 Å². The van der Waals surface area contributed by atoms with Crippen molar-refractivity contribution in [3.8, 4) is 0 Å². The molecule has 1 amide bonds. The summed E-state index contributed by atoms with van der Waals surface area (Å²) in [6.07, 6.45) is -5.81. The molecular weight excluding hydrogens is 313 g/mol. The number of aliphatic hydroxyl groups excluding tert-OH is 1. The van der Waals surface area contributed by atoms with Crippen molar-refractivity contribution >= 4 is 11.7 Å². The van der Waals surface area contributed by atoms with Crippen molar-refractivity contribution < 1.29 is 27.9 Å². The minimum absolute atomic E-state index is 0.00220. The summed E-state index contributed by atoms with van der Waals surface area (Å²) >= 11 is 0. The molecule has 3 N–H and O–H groups in total. The van der Waals surface area contributed by atoms with Gasteiger partial charge in [-0.25, -0.2) is 0 Å². The van der Waals surface area contributed by atoms with Crippen molar-refractivity contribution in [2.75, 3.05) is 0 Å². The van der Waals surface area contributed by atoms with E-state index in [1.807, 2.05) is 0 Å². The molecule has 0 saturated heterocycles. The number of aliphatic hydroxyl groups is 1. The van der Waals surface area contributed by atoms with Crippen LogP contribution in [0.2, 0.25) is 0 Å². The first-order valence-corrected chi connectivity index (χ1v) is 6.93. The van der Waals surface area contributed by atoms with Crippen molar-refractivity contribution in [3.63, 3.8) is 0 Å². The molecule has 0 bridgehead atoms. The first kappa shape index (κ1) is 17.0. The van der Waals surface area contributed by atoms with Gasteiger partial charge in [-0.2, -0.15) is 13.2 Å². The lowest BCUT2D eigenvalue weighted by Crippen LogP contribution is -2.40. The van der Waals surface area contributed by atoms with Gasteiger partial charge in [-0.15, -0.1) is 0 Å². The van der Waals surface area contributed by atoms with E-state index in [9.17, 15) is 27.9 Å². The number of allylic oxidation sites excluding steroid dienone is 2. The van der Waals surface area contributed by atoms with Gasteiger partial charge in [0.25, 0.3) is 11.7 Å². The number of nitrogens with one attached hydrogen (secondary N) is 2. The maximum Gasteiger partial charge on any atom is 0.454 e. The molecule has 0 unspecified atom stereocenters. The predicted molar refractivity (Wildman–Crippen MR) is 74.6 cm³/mol. The normalized spacial score (nSPS) is 16.2. The lowest BCUT2D eigenvalue weighted by molar-refractivity contribution is -0.166. The number of hydrogen-bond donors (Lipinski definition) is 3. The van der Waals surface area contributed by atoms with Crippen molar-refractivity contribution in [2.24, 2.45) is 0 Å². The number of ketones is 1. The highest BCUT2D eigenvalue weighted by Gasteiger charge is 2.42. The van der Waals surface area contributed by atoms with Crippen LogP contribution in [-0.4, -0.2) is 23.0 Å². The fourth-order valence-corrected chi connectivity index (χ4v) is 2.30. The molecule has 1 aromatic rings. The molecule has 5 nitrogen and oxygen atoms in total. The summed E-state index contributed by atoms with van der Waals surface area (Å²) in [5, 5.41) is 9.85. The molecule has 8 heteroatoms. The summed E-state index contributed by atoms with van der Waals surface area (Å²) in [7, 11) is 0. The predicted octanol–water partition coefficient (Wildman–Crippen LogP) is 1.91. The lowest BCUT2D eigenvalue weighted by atomic mass is 10.1. The van der Waals surface area contributed by atoms with Crippen LogP contribution >= 0.6 is 0 Å². The Balaban J connectivity index is 2.02. The van der Waals surface area contributed by atoms with Gasteiger partial charge in [0.15, 0.2) is 6.10 Å². The molecule has 23 heavy (non-hydrogen) atoms. The zero-order valence-electron chi connectivity index (χ0n) is 12.0. The molecule has 1 aliphatic carbocycles. The summed E-state index contributed by atoms with van der Waals surface area (Å²) < 4.78 is 37.5. The van der Waals surface area contributed by atoms with Crippen molar-refractivity contribution in [2.45, 2.75) is 31.5 Å². The van der Waals surface area contributed by atoms with E-state index in [-0.39, 0.29) is 24.1 Å². The van der Waals surface area contributed by atoms with Crippen molar-refractivity contribution in [1.82, 2.24) is 10.9 Å². The quantitative estimate of drug-likeness (QED) is 0.722. The minimum atomic E-state index is -4.94. The number of carbonyl (C=O) groups excluding carboxylic acids is 2. The van der Waals surface area contributed by atoms with Gasteiger partial charge in [-0.05, 0) is 24.8 Å². The smallest absolute Gasteiger partial charge is 0.378 e. The van der Waals surface area contributed by atoms with Crippen LogP contribution in [0.5, 0.6) is 0 Å². The number of hydrazine groups is 1. The second-order valence-electron chi connectivity index (χ2n) is 5.07. The van der Waals surface area contributed by atoms with Crippen LogP contribution in [0.1, 0.15) is 30.9 Å². The molecule has 1 aromatic carbocycles. The zero-order chi connectivity index (χ0) is 17.0. The first-order valence-electron chi connectivity index (χ1n) is 6.93. The van der Waals surface area contributed by atoms with E-state index in [1.165, 1.54) is 12.1 Å². The number of Topliss-reactive ketones (excluding diaryl/α,β-unsaturated/α-hetero) is 1. The van der Waals surface area contributed by atoms with E-state index >= 15 is 0 Å². The molecule has 2 rings (SSSR count). The Morgan fingerprint density at radius 1 is 1.13 bits per heavy atom. The van der Waals surface area contributed by atoms with Crippen molar-refractivity contribution in [1.29, 1.82) is 0 Å². The van der Waals surface area contributed by atoms with Gasteiger partial charge in [0.2, 0.25) is 0 Å². The standard InChI is InChI=1S/C15H15F3N2O3/c16-15(17,18)13(22)10-7-4-8-11(10)19-20-14(23)12(21)9-5-2-1-3-6-9/h1-3,5-6,12,19,21H,4,7-8H2,(H,20,23)/t12-/m1/s1. The summed E-state index contributed by atoms with van der Waals surface area (Å²) in [6, 6.07) is 8.07. The van der Waals surface area contributed by atoms with Gasteiger partial charge in [0, 0.05) is 11.3 Å². The van der Waals surface area contributed by atoms with E-state index in [0.717, 1.165) is 0 Å². The van der Waals surface area contributed by atoms with Crippen LogP contribution in [0, 0.1) is 0 Å². The van der Waals surface area contributed by atoms with Crippen LogP contribution in [0.15, 0.2) is 41.6 Å². The fourth-order valence-electron chi connectivity index (χ4n) is 2.30. The average Bonchev–Trinajstić information content (AvgIpc) is 2.99. The second-order valence-corrected chi connectivity index (χ2v) is 5.07. The highest BCUT2D eigenvalue weighted by molar-refractivity contribution is 6.00. The topological polar surface area (TPSA) is 78.4 Å². The third-order valence-electron chi connectivity index (χ3n) is 3.45. The first-order chi connectivity index (χ1) is 10.8. The third kappa shape index (κ3) is 4.10. The maximum absolute atomic E-state index is 12.5. The lowest BCUT2D eigenvalue weighted by Gasteiger charge is -2.15. The molecule has 124 valence electrons. The monoisotopic (exact) mass is 328 g/mol. The van der Waals surface area contributed by atoms with E-state index in [1.54, 1.807) is 18.2 Å². The Morgan fingerprint density at radius 3 is 2.39 bits per heavy atom. The highest BCUT2D eigenvalue weighted by Crippen LogP contribution is 2.30. The van der Waals surface area contributed by atoms with Gasteiger partial charge >= 0.3 is 6.18 Å². The molecule has 0 aromatic heterocycles. The summed E-state index contributed by atoms with van der Waals surface area (Å²) in [5.41, 5.74) is 4.47. The molecular formula is C15H15F3N2O3. The van der Waals surface area contributed by atoms with Gasteiger partial charge < -0.3 is 10.5 Å². The van der Waals surface area contributed by atoms with Gasteiger partial charge in [0.05, 0.1) is 0 Å². The van der Waals surface area contributed by atoms with E-state index in [0.29, 0.717) is 12.0 Å². The summed E-state index contributed by atoms with van der Waals surface area (Å²) in [4.78, 5) is 23.1. The Morgan fingerprint density at radius 2 is 1.78 bits per heavy atom. The van der Waals surface area contributed by atoms with Gasteiger partial charge in [-0.1, -0.05) is 30.3 Å². The van der Waals surface area contributed by atoms with E-state index in [2.05, 4.69) is 10.9 Å². The summed E-state index contributed by atoms with van der Waals surface area (Å²) in [6.45, 7) is 0. The van der Waals surface area contributed by atoms with E-state index in [4.69, 9.17) is 0 Å². The Labute approximate surface area is 130 Å². The fraction of sp³-hybridized carbons (Fsp3) is 0.333. The zero-order valence-corrected chi connectivity index (χ0v) is 12.0. The number of alkyl halides is 3. The minimum Gasteiger partial charge on any atom is -0.378 e. The largest absolute Gasteiger partial charge is 0.454 e. The number of rotatable bonds is 5. The van der Waals surface area contributed by atoms with Crippen molar-refractivity contribution in [3.05, 3.63) is 47.2 Å². The second kappa shape index (κ2) is 6.82. The Kier molecular flexibility index (Phi) is 5.05. The van der Waals surface area contributed by atoms with Crippen LogP contribution in [-0.2, 0) is 9.59 Å². The Bertz CT molecular complexity index is 627. The Hall–Kier alpha value is -2.35. The van der Waals surface area contributed by atoms with E-state index < -0.39 is 24.0 Å². The molecule has 1 aliphatic rings. The van der Waals surface area contributed by atoms with Crippen LogP contribution in [0.4, 0.5) is 13.2 Å².